The maximum atomic E-state index is 11.1. The summed E-state index contributed by atoms with van der Waals surface area (Å²) in [5.41, 5.74) is 2.83. The van der Waals surface area contributed by atoms with Gasteiger partial charge in [-0.15, -0.1) is 0 Å². The van der Waals surface area contributed by atoms with E-state index in [1.54, 1.807) is 6.07 Å². The van der Waals surface area contributed by atoms with E-state index in [1.165, 1.54) is 6.07 Å². The van der Waals surface area contributed by atoms with Crippen LogP contribution in [0.15, 0.2) is 54.6 Å². The van der Waals surface area contributed by atoms with Crippen LogP contribution in [0, 0.1) is 10.1 Å². The van der Waals surface area contributed by atoms with Crippen LogP contribution >= 0.6 is 0 Å². The van der Waals surface area contributed by atoms with Crippen molar-refractivity contribution in [2.75, 3.05) is 0 Å². The standard InChI is InChI=1S/C15H12N2O2/c1-16-14(11-6-3-2-4-7-11)10-12-8-5-9-13(15(12)16)17(18)19/h2-10H,1H3. The van der Waals surface area contributed by atoms with Crippen LogP contribution in [0.5, 0.6) is 0 Å². The molecule has 3 aromatic rings. The summed E-state index contributed by atoms with van der Waals surface area (Å²) in [7, 11) is 1.86. The topological polar surface area (TPSA) is 48.1 Å². The molecule has 1 aromatic heterocycles. The molecule has 0 spiro atoms. The van der Waals surface area contributed by atoms with Gasteiger partial charge in [-0.1, -0.05) is 42.5 Å². The average molecular weight is 252 g/mol. The van der Waals surface area contributed by atoms with Crippen molar-refractivity contribution in [2.24, 2.45) is 7.05 Å². The normalized spacial score (nSPS) is 10.8. The van der Waals surface area contributed by atoms with Crippen LogP contribution in [0.4, 0.5) is 5.69 Å². The fourth-order valence-corrected chi connectivity index (χ4v) is 2.43. The molecule has 0 radical (unpaired) electrons. The van der Waals surface area contributed by atoms with Crippen molar-refractivity contribution in [1.29, 1.82) is 0 Å². The van der Waals surface area contributed by atoms with Gasteiger partial charge in [-0.25, -0.2) is 0 Å². The third kappa shape index (κ3) is 1.78. The third-order valence-electron chi connectivity index (χ3n) is 3.30. The fraction of sp³-hybridized carbons (Fsp3) is 0.0667. The molecule has 0 unspecified atom stereocenters. The second-order valence-electron chi connectivity index (χ2n) is 4.43. The van der Waals surface area contributed by atoms with Gasteiger partial charge >= 0.3 is 0 Å². The molecule has 0 amide bonds. The van der Waals surface area contributed by atoms with Crippen molar-refractivity contribution in [3.05, 3.63) is 64.7 Å². The summed E-state index contributed by atoms with van der Waals surface area (Å²) in [5.74, 6) is 0. The molecule has 1 heterocycles. The highest BCUT2D eigenvalue weighted by Crippen LogP contribution is 2.32. The van der Waals surface area contributed by atoms with Gasteiger partial charge in [-0.3, -0.25) is 10.1 Å². The SMILES string of the molecule is Cn1c(-c2ccccc2)cc2cccc([N+](=O)[O-])c21. The molecule has 0 saturated heterocycles. The first-order chi connectivity index (χ1) is 9.18. The van der Waals surface area contributed by atoms with Gasteiger partial charge in [-0.2, -0.15) is 0 Å². The van der Waals surface area contributed by atoms with E-state index >= 15 is 0 Å². The van der Waals surface area contributed by atoms with E-state index in [0.717, 1.165) is 16.6 Å². The highest BCUT2D eigenvalue weighted by atomic mass is 16.6. The van der Waals surface area contributed by atoms with Crippen LogP contribution in [-0.2, 0) is 7.05 Å². The number of nitrogens with zero attached hydrogens (tertiary/aromatic N) is 2. The van der Waals surface area contributed by atoms with Crippen LogP contribution in [0.2, 0.25) is 0 Å². The number of nitro groups is 1. The zero-order chi connectivity index (χ0) is 13.4. The maximum Gasteiger partial charge on any atom is 0.293 e. The zero-order valence-electron chi connectivity index (χ0n) is 10.4. The van der Waals surface area contributed by atoms with Gasteiger partial charge in [0.15, 0.2) is 0 Å². The molecule has 0 aliphatic heterocycles. The first-order valence-electron chi connectivity index (χ1n) is 5.97. The summed E-state index contributed by atoms with van der Waals surface area (Å²) >= 11 is 0. The van der Waals surface area contributed by atoms with Gasteiger partial charge in [-0.05, 0) is 11.6 Å². The molecule has 3 rings (SSSR count). The first kappa shape index (κ1) is 11.5. The number of fused-ring (bicyclic) bond motifs is 1. The Morgan fingerprint density at radius 1 is 1.05 bits per heavy atom. The smallest absolute Gasteiger partial charge is 0.293 e. The number of aryl methyl sites for hydroxylation is 1. The number of aromatic nitrogens is 1. The molecule has 4 heteroatoms. The molecular weight excluding hydrogens is 240 g/mol. The summed E-state index contributed by atoms with van der Waals surface area (Å²) in [6.07, 6.45) is 0. The van der Waals surface area contributed by atoms with E-state index in [2.05, 4.69) is 0 Å². The van der Waals surface area contributed by atoms with Crippen LogP contribution < -0.4 is 0 Å². The Balaban J connectivity index is 2.33. The molecule has 0 fully saturated rings. The molecule has 0 bridgehead atoms. The number of para-hydroxylation sites is 1. The van der Waals surface area contributed by atoms with E-state index in [9.17, 15) is 10.1 Å². The van der Waals surface area contributed by atoms with Crippen LogP contribution in [0.3, 0.4) is 0 Å². The first-order valence-corrected chi connectivity index (χ1v) is 5.97. The van der Waals surface area contributed by atoms with E-state index in [4.69, 9.17) is 0 Å². The molecule has 0 aliphatic carbocycles. The Morgan fingerprint density at radius 3 is 2.47 bits per heavy atom. The lowest BCUT2D eigenvalue weighted by atomic mass is 10.1. The van der Waals surface area contributed by atoms with Crippen molar-refractivity contribution >= 4 is 16.6 Å². The van der Waals surface area contributed by atoms with Gasteiger partial charge < -0.3 is 4.57 Å². The number of rotatable bonds is 2. The highest BCUT2D eigenvalue weighted by molar-refractivity contribution is 5.93. The van der Waals surface area contributed by atoms with Gasteiger partial charge in [0.25, 0.3) is 5.69 Å². The number of hydrogen-bond acceptors (Lipinski definition) is 2. The van der Waals surface area contributed by atoms with Crippen LogP contribution in [0.25, 0.3) is 22.2 Å². The fourth-order valence-electron chi connectivity index (χ4n) is 2.43. The molecule has 4 nitrogen and oxygen atoms in total. The van der Waals surface area contributed by atoms with Gasteiger partial charge in [0.2, 0.25) is 0 Å². The molecule has 19 heavy (non-hydrogen) atoms. The summed E-state index contributed by atoms with van der Waals surface area (Å²) in [4.78, 5) is 10.8. The van der Waals surface area contributed by atoms with E-state index in [1.807, 2.05) is 54.1 Å². The second kappa shape index (κ2) is 4.24. The molecular formula is C15H12N2O2. The number of hydrogen-bond donors (Lipinski definition) is 0. The summed E-state index contributed by atoms with van der Waals surface area (Å²) < 4.78 is 1.88. The Hall–Kier alpha value is -2.62. The molecule has 0 N–H and O–H groups in total. The zero-order valence-corrected chi connectivity index (χ0v) is 10.4. The minimum absolute atomic E-state index is 0.141. The van der Waals surface area contributed by atoms with Crippen molar-refractivity contribution < 1.29 is 4.92 Å². The lowest BCUT2D eigenvalue weighted by molar-refractivity contribution is -0.383. The molecule has 0 atom stereocenters. The summed E-state index contributed by atoms with van der Waals surface area (Å²) in [6.45, 7) is 0. The van der Waals surface area contributed by atoms with E-state index < -0.39 is 0 Å². The summed E-state index contributed by atoms with van der Waals surface area (Å²) in [6, 6.07) is 17.0. The largest absolute Gasteiger partial charge is 0.338 e. The van der Waals surface area contributed by atoms with Gasteiger partial charge in [0.1, 0.15) is 5.52 Å². The Bertz CT molecular complexity index is 760. The minimum atomic E-state index is -0.336. The molecule has 0 aliphatic rings. The Morgan fingerprint density at radius 2 is 1.79 bits per heavy atom. The van der Waals surface area contributed by atoms with Crippen molar-refractivity contribution in [2.45, 2.75) is 0 Å². The monoisotopic (exact) mass is 252 g/mol. The van der Waals surface area contributed by atoms with Gasteiger partial charge in [0.05, 0.1) is 4.92 Å². The number of nitro benzene ring substituents is 1. The summed E-state index contributed by atoms with van der Waals surface area (Å²) in [5, 5.41) is 12.0. The Labute approximate surface area is 110 Å². The molecule has 2 aromatic carbocycles. The average Bonchev–Trinajstić information content (AvgIpc) is 2.77. The van der Waals surface area contributed by atoms with Crippen molar-refractivity contribution in [3.8, 4) is 11.3 Å². The predicted octanol–water partition coefficient (Wildman–Crippen LogP) is 3.75. The highest BCUT2D eigenvalue weighted by Gasteiger charge is 2.17. The van der Waals surface area contributed by atoms with Crippen molar-refractivity contribution in [3.63, 3.8) is 0 Å². The maximum absolute atomic E-state index is 11.1. The lowest BCUT2D eigenvalue weighted by Crippen LogP contribution is -1.95. The number of benzene rings is 2. The quantitative estimate of drug-likeness (QED) is 0.515. The van der Waals surface area contributed by atoms with Crippen molar-refractivity contribution in [1.82, 2.24) is 4.57 Å². The van der Waals surface area contributed by atoms with E-state index in [0.29, 0.717) is 5.52 Å². The van der Waals surface area contributed by atoms with Crippen LogP contribution in [-0.4, -0.2) is 9.49 Å². The van der Waals surface area contributed by atoms with Gasteiger partial charge in [0, 0.05) is 24.2 Å². The van der Waals surface area contributed by atoms with E-state index in [-0.39, 0.29) is 10.6 Å². The molecule has 94 valence electrons. The Kier molecular flexibility index (Phi) is 2.56. The molecule has 0 saturated carbocycles. The predicted molar refractivity (Wildman–Crippen MR) is 75.0 cm³/mol. The third-order valence-corrected chi connectivity index (χ3v) is 3.30. The second-order valence-corrected chi connectivity index (χ2v) is 4.43. The minimum Gasteiger partial charge on any atom is -0.338 e. The van der Waals surface area contributed by atoms with Crippen LogP contribution in [0.1, 0.15) is 0 Å². The number of non-ortho nitro benzene ring substituents is 1. The lowest BCUT2D eigenvalue weighted by Gasteiger charge is -2.04.